The first-order chi connectivity index (χ1) is 12.6. The van der Waals surface area contributed by atoms with Crippen LogP contribution in [0.25, 0.3) is 0 Å². The standard InChI is InChI=1S/C17H17N3O6/c1-2-24-12-5-3-4-6-13(12)25-10-9-19-16(21)11-26-14-7-8-15(20(22)23)18-17(14)19/h3-8H,2,9-11H2,1H3. The van der Waals surface area contributed by atoms with Crippen molar-refractivity contribution >= 4 is 17.5 Å². The van der Waals surface area contributed by atoms with Crippen molar-refractivity contribution in [3.8, 4) is 17.2 Å². The fourth-order valence-corrected chi connectivity index (χ4v) is 2.49. The van der Waals surface area contributed by atoms with Crippen molar-refractivity contribution in [2.24, 2.45) is 0 Å². The number of anilines is 1. The van der Waals surface area contributed by atoms with Crippen molar-refractivity contribution in [1.82, 2.24) is 4.98 Å². The first kappa shape index (κ1) is 17.5. The highest BCUT2D eigenvalue weighted by Crippen LogP contribution is 2.32. The van der Waals surface area contributed by atoms with Crippen LogP contribution in [-0.4, -0.2) is 42.2 Å². The highest BCUT2D eigenvalue weighted by atomic mass is 16.6. The summed E-state index contributed by atoms with van der Waals surface area (Å²) in [6, 6.07) is 9.88. The van der Waals surface area contributed by atoms with E-state index in [0.29, 0.717) is 23.9 Å². The summed E-state index contributed by atoms with van der Waals surface area (Å²) in [4.78, 5) is 27.7. The van der Waals surface area contributed by atoms with Crippen molar-refractivity contribution in [3.63, 3.8) is 0 Å². The van der Waals surface area contributed by atoms with E-state index in [0.717, 1.165) is 0 Å². The lowest BCUT2D eigenvalue weighted by molar-refractivity contribution is -0.389. The topological polar surface area (TPSA) is 104 Å². The van der Waals surface area contributed by atoms with E-state index in [1.165, 1.54) is 17.0 Å². The molecule has 1 aliphatic heterocycles. The molecule has 0 spiro atoms. The van der Waals surface area contributed by atoms with Crippen LogP contribution < -0.4 is 19.1 Å². The fourth-order valence-electron chi connectivity index (χ4n) is 2.49. The number of amides is 1. The highest BCUT2D eigenvalue weighted by Gasteiger charge is 2.32. The molecular weight excluding hydrogens is 342 g/mol. The smallest absolute Gasteiger partial charge is 0.366 e. The number of fused-ring (bicyclic) bond motifs is 1. The third kappa shape index (κ3) is 3.66. The Bertz CT molecular complexity index is 826. The Labute approximate surface area is 149 Å². The number of nitrogens with zero attached hydrogens (tertiary/aromatic N) is 3. The summed E-state index contributed by atoms with van der Waals surface area (Å²) in [5, 5.41) is 10.9. The lowest BCUT2D eigenvalue weighted by Gasteiger charge is -2.25. The molecule has 9 nitrogen and oxygen atoms in total. The zero-order chi connectivity index (χ0) is 18.5. The number of rotatable bonds is 7. The van der Waals surface area contributed by atoms with Crippen LogP contribution in [0.5, 0.6) is 17.2 Å². The molecule has 1 aromatic heterocycles. The Morgan fingerprint density at radius 3 is 2.65 bits per heavy atom. The normalized spacial score (nSPS) is 13.0. The van der Waals surface area contributed by atoms with Gasteiger partial charge < -0.3 is 24.3 Å². The second-order valence-corrected chi connectivity index (χ2v) is 5.31. The minimum Gasteiger partial charge on any atom is -0.490 e. The largest absolute Gasteiger partial charge is 0.490 e. The molecule has 0 unspecified atom stereocenters. The second-order valence-electron chi connectivity index (χ2n) is 5.31. The molecule has 0 N–H and O–H groups in total. The van der Waals surface area contributed by atoms with Crippen LogP contribution in [0.3, 0.4) is 0 Å². The molecule has 26 heavy (non-hydrogen) atoms. The lowest BCUT2D eigenvalue weighted by atomic mass is 10.3. The molecule has 0 atom stereocenters. The van der Waals surface area contributed by atoms with Gasteiger partial charge in [-0.1, -0.05) is 12.1 Å². The average molecular weight is 359 g/mol. The SMILES string of the molecule is CCOc1ccccc1OCCN1C(=O)COc2ccc([N+](=O)[O-])nc21. The van der Waals surface area contributed by atoms with E-state index < -0.39 is 4.92 Å². The molecule has 0 saturated heterocycles. The van der Waals surface area contributed by atoms with Gasteiger partial charge in [-0.2, -0.15) is 0 Å². The maximum absolute atomic E-state index is 12.2. The van der Waals surface area contributed by atoms with Gasteiger partial charge in [-0.05, 0) is 35.0 Å². The monoisotopic (exact) mass is 359 g/mol. The zero-order valence-electron chi connectivity index (χ0n) is 14.1. The Balaban J connectivity index is 1.73. The summed E-state index contributed by atoms with van der Waals surface area (Å²) in [6.07, 6.45) is 0. The van der Waals surface area contributed by atoms with Gasteiger partial charge in [0.15, 0.2) is 23.9 Å². The number of pyridine rings is 1. The van der Waals surface area contributed by atoms with Crippen molar-refractivity contribution in [2.45, 2.75) is 6.92 Å². The molecule has 0 fully saturated rings. The predicted octanol–water partition coefficient (Wildman–Crippen LogP) is 2.19. The Morgan fingerprint density at radius 1 is 1.23 bits per heavy atom. The van der Waals surface area contributed by atoms with Gasteiger partial charge in [-0.15, -0.1) is 0 Å². The molecule has 1 aromatic carbocycles. The van der Waals surface area contributed by atoms with Gasteiger partial charge >= 0.3 is 5.82 Å². The van der Waals surface area contributed by atoms with Crippen molar-refractivity contribution in [2.75, 3.05) is 31.3 Å². The number of carbonyl (C=O) groups excluding carboxylic acids is 1. The molecule has 136 valence electrons. The molecular formula is C17H17N3O6. The first-order valence-electron chi connectivity index (χ1n) is 8.03. The Kier molecular flexibility index (Phi) is 5.16. The molecule has 0 saturated carbocycles. The van der Waals surface area contributed by atoms with Crippen LogP contribution >= 0.6 is 0 Å². The minimum atomic E-state index is -0.619. The maximum atomic E-state index is 12.2. The van der Waals surface area contributed by atoms with Crippen LogP contribution in [0, 0.1) is 10.1 Å². The number of carbonyl (C=O) groups is 1. The lowest BCUT2D eigenvalue weighted by Crippen LogP contribution is -2.41. The van der Waals surface area contributed by atoms with Gasteiger partial charge in [-0.25, -0.2) is 0 Å². The van der Waals surface area contributed by atoms with Crippen molar-refractivity contribution in [1.29, 1.82) is 0 Å². The summed E-state index contributed by atoms with van der Waals surface area (Å²) in [7, 11) is 0. The van der Waals surface area contributed by atoms with E-state index in [1.54, 1.807) is 12.1 Å². The van der Waals surface area contributed by atoms with Crippen LogP contribution in [0.15, 0.2) is 36.4 Å². The van der Waals surface area contributed by atoms with Gasteiger partial charge in [0.1, 0.15) is 6.61 Å². The quantitative estimate of drug-likeness (QED) is 0.551. The third-order valence-corrected chi connectivity index (χ3v) is 3.64. The molecule has 1 aliphatic rings. The van der Waals surface area contributed by atoms with Crippen LogP contribution in [0.2, 0.25) is 0 Å². The molecule has 1 amide bonds. The van der Waals surface area contributed by atoms with E-state index in [4.69, 9.17) is 14.2 Å². The molecule has 9 heteroatoms. The Morgan fingerprint density at radius 2 is 1.96 bits per heavy atom. The maximum Gasteiger partial charge on any atom is 0.366 e. The average Bonchev–Trinajstić information content (AvgIpc) is 2.64. The summed E-state index contributed by atoms with van der Waals surface area (Å²) >= 11 is 0. The van der Waals surface area contributed by atoms with E-state index in [1.807, 2.05) is 19.1 Å². The highest BCUT2D eigenvalue weighted by molar-refractivity contribution is 5.96. The second kappa shape index (κ2) is 7.68. The molecule has 0 bridgehead atoms. The Hall–Kier alpha value is -3.36. The van der Waals surface area contributed by atoms with Gasteiger partial charge in [0.25, 0.3) is 11.7 Å². The molecule has 0 radical (unpaired) electrons. The van der Waals surface area contributed by atoms with Gasteiger partial charge in [0.05, 0.1) is 13.2 Å². The number of aromatic nitrogens is 1. The molecule has 2 heterocycles. The summed E-state index contributed by atoms with van der Waals surface area (Å²) in [5.74, 6) is 0.920. The number of hydrogen-bond acceptors (Lipinski definition) is 7. The minimum absolute atomic E-state index is 0.122. The predicted molar refractivity (Wildman–Crippen MR) is 91.8 cm³/mol. The van der Waals surface area contributed by atoms with Crippen LogP contribution in [0.1, 0.15) is 6.92 Å². The summed E-state index contributed by atoms with van der Waals surface area (Å²) < 4.78 is 16.5. The fraction of sp³-hybridized carbons (Fsp3) is 0.294. The van der Waals surface area contributed by atoms with E-state index in [-0.39, 0.29) is 37.3 Å². The number of hydrogen-bond donors (Lipinski definition) is 0. The van der Waals surface area contributed by atoms with Crippen molar-refractivity contribution < 1.29 is 23.9 Å². The number of para-hydroxylation sites is 2. The van der Waals surface area contributed by atoms with Crippen LogP contribution in [0.4, 0.5) is 11.6 Å². The first-order valence-corrected chi connectivity index (χ1v) is 8.03. The number of ether oxygens (including phenoxy) is 3. The van der Waals surface area contributed by atoms with E-state index in [2.05, 4.69) is 4.98 Å². The summed E-state index contributed by atoms with van der Waals surface area (Å²) in [5.41, 5.74) is 0. The molecule has 3 rings (SSSR count). The number of nitro groups is 1. The zero-order valence-corrected chi connectivity index (χ0v) is 14.1. The van der Waals surface area contributed by atoms with Gasteiger partial charge in [0.2, 0.25) is 0 Å². The van der Waals surface area contributed by atoms with Gasteiger partial charge in [-0.3, -0.25) is 9.69 Å². The van der Waals surface area contributed by atoms with Crippen LogP contribution in [-0.2, 0) is 4.79 Å². The van der Waals surface area contributed by atoms with Crippen molar-refractivity contribution in [3.05, 3.63) is 46.5 Å². The van der Waals surface area contributed by atoms with E-state index >= 15 is 0 Å². The van der Waals surface area contributed by atoms with E-state index in [9.17, 15) is 14.9 Å². The number of benzene rings is 1. The summed E-state index contributed by atoms with van der Waals surface area (Å²) in [6.45, 7) is 2.56. The molecule has 0 aliphatic carbocycles. The third-order valence-electron chi connectivity index (χ3n) is 3.64. The molecule has 2 aromatic rings. The van der Waals surface area contributed by atoms with Gasteiger partial charge in [0, 0.05) is 6.07 Å².